The molecule has 0 aliphatic heterocycles. The highest BCUT2D eigenvalue weighted by molar-refractivity contribution is 9.10. The first-order valence-corrected chi connectivity index (χ1v) is 6.14. The Hall–Kier alpha value is -0.300. The fraction of sp³-hybridized carbons (Fsp3) is 0.143. The molecule has 4 nitrogen and oxygen atoms in total. The minimum atomic E-state index is -3.82. The minimum Gasteiger partial charge on any atom is -0.495 e. The number of halogens is 2. The van der Waals surface area contributed by atoms with Gasteiger partial charge in [-0.2, -0.15) is 0 Å². The van der Waals surface area contributed by atoms with Crippen molar-refractivity contribution in [1.82, 2.24) is 0 Å². The van der Waals surface area contributed by atoms with Crippen LogP contribution in [0.2, 0.25) is 5.02 Å². The zero-order valence-electron chi connectivity index (χ0n) is 7.12. The second-order valence-corrected chi connectivity index (χ2v) is 5.25. The summed E-state index contributed by atoms with van der Waals surface area (Å²) in [7, 11) is -2.46. The van der Waals surface area contributed by atoms with Crippen LogP contribution in [0.15, 0.2) is 21.5 Å². The van der Waals surface area contributed by atoms with Gasteiger partial charge in [-0.1, -0.05) is 11.6 Å². The molecule has 1 aromatic carbocycles. The lowest BCUT2D eigenvalue weighted by atomic mass is 10.3. The SMILES string of the molecule is COc1cc(Br)c(Cl)cc1S(N)(=O)=O. The Bertz CT molecular complexity index is 460. The first-order valence-electron chi connectivity index (χ1n) is 3.42. The largest absolute Gasteiger partial charge is 0.495 e. The lowest BCUT2D eigenvalue weighted by molar-refractivity contribution is 0.402. The molecule has 0 aromatic heterocycles. The van der Waals surface area contributed by atoms with Gasteiger partial charge in [0.1, 0.15) is 10.6 Å². The number of benzene rings is 1. The highest BCUT2D eigenvalue weighted by Crippen LogP contribution is 2.32. The van der Waals surface area contributed by atoms with Crippen molar-refractivity contribution >= 4 is 37.6 Å². The summed E-state index contributed by atoms with van der Waals surface area (Å²) in [5.41, 5.74) is 0. The molecule has 0 spiro atoms. The Morgan fingerprint density at radius 1 is 1.50 bits per heavy atom. The van der Waals surface area contributed by atoms with E-state index in [0.29, 0.717) is 4.47 Å². The van der Waals surface area contributed by atoms with Crippen molar-refractivity contribution in [2.45, 2.75) is 4.90 Å². The van der Waals surface area contributed by atoms with E-state index in [1.807, 2.05) is 0 Å². The molecular formula is C7H7BrClNO3S. The van der Waals surface area contributed by atoms with Crippen molar-refractivity contribution < 1.29 is 13.2 Å². The molecule has 0 bridgehead atoms. The number of sulfonamides is 1. The number of ether oxygens (including phenoxy) is 1. The fourth-order valence-electron chi connectivity index (χ4n) is 0.892. The standard InChI is InChI=1S/C7H7BrClNO3S/c1-13-6-2-4(8)5(9)3-7(6)14(10,11)12/h2-3H,1H3,(H2,10,11,12). The lowest BCUT2D eigenvalue weighted by Gasteiger charge is -2.07. The number of hydrogen-bond acceptors (Lipinski definition) is 3. The van der Waals surface area contributed by atoms with Gasteiger partial charge in [0.2, 0.25) is 10.0 Å². The van der Waals surface area contributed by atoms with E-state index in [-0.39, 0.29) is 15.7 Å². The molecule has 0 amide bonds. The monoisotopic (exact) mass is 299 g/mol. The quantitative estimate of drug-likeness (QED) is 0.905. The van der Waals surface area contributed by atoms with Gasteiger partial charge >= 0.3 is 0 Å². The molecule has 0 unspecified atom stereocenters. The molecule has 0 saturated carbocycles. The van der Waals surface area contributed by atoms with Crippen LogP contribution in [0, 0.1) is 0 Å². The smallest absolute Gasteiger partial charge is 0.241 e. The van der Waals surface area contributed by atoms with Crippen molar-refractivity contribution in [1.29, 1.82) is 0 Å². The normalized spacial score (nSPS) is 11.4. The van der Waals surface area contributed by atoms with Gasteiger partial charge in [0.15, 0.2) is 0 Å². The van der Waals surface area contributed by atoms with E-state index in [4.69, 9.17) is 21.5 Å². The average molecular weight is 301 g/mol. The second kappa shape index (κ2) is 4.06. The van der Waals surface area contributed by atoms with Crippen molar-refractivity contribution in [3.8, 4) is 5.75 Å². The molecule has 1 aromatic rings. The molecule has 0 radical (unpaired) electrons. The summed E-state index contributed by atoms with van der Waals surface area (Å²) < 4.78 is 27.6. The van der Waals surface area contributed by atoms with Crippen molar-refractivity contribution in [2.24, 2.45) is 5.14 Å². The van der Waals surface area contributed by atoms with E-state index < -0.39 is 10.0 Å². The fourth-order valence-corrected chi connectivity index (χ4v) is 2.15. The molecule has 0 fully saturated rings. The summed E-state index contributed by atoms with van der Waals surface area (Å²) in [6.45, 7) is 0. The third-order valence-electron chi connectivity index (χ3n) is 1.51. The molecule has 78 valence electrons. The first kappa shape index (κ1) is 11.8. The Morgan fingerprint density at radius 2 is 2.07 bits per heavy atom. The highest BCUT2D eigenvalue weighted by atomic mass is 79.9. The van der Waals surface area contributed by atoms with E-state index >= 15 is 0 Å². The molecule has 0 saturated heterocycles. The Labute approximate surface area is 95.2 Å². The van der Waals surface area contributed by atoms with Crippen LogP contribution in [0.4, 0.5) is 0 Å². The number of methoxy groups -OCH3 is 1. The summed E-state index contributed by atoms with van der Waals surface area (Å²) in [6, 6.07) is 2.68. The third-order valence-corrected chi connectivity index (χ3v) is 3.64. The summed E-state index contributed by atoms with van der Waals surface area (Å²) in [5, 5.41) is 5.23. The maximum Gasteiger partial charge on any atom is 0.241 e. The predicted octanol–water partition coefficient (Wildman–Crippen LogP) is 1.76. The summed E-state index contributed by atoms with van der Waals surface area (Å²) in [4.78, 5) is -0.131. The number of hydrogen-bond donors (Lipinski definition) is 1. The van der Waals surface area contributed by atoms with E-state index in [0.717, 1.165) is 0 Å². The van der Waals surface area contributed by atoms with Crippen molar-refractivity contribution in [3.05, 3.63) is 21.6 Å². The molecular weight excluding hydrogens is 294 g/mol. The number of primary sulfonamides is 1. The first-order chi connectivity index (χ1) is 6.36. The second-order valence-electron chi connectivity index (χ2n) is 2.46. The lowest BCUT2D eigenvalue weighted by Crippen LogP contribution is -2.13. The topological polar surface area (TPSA) is 69.4 Å². The van der Waals surface area contributed by atoms with Gasteiger partial charge in [-0.15, -0.1) is 0 Å². The third kappa shape index (κ3) is 2.38. The summed E-state index contributed by atoms with van der Waals surface area (Å²) >= 11 is 8.87. The van der Waals surface area contributed by atoms with Crippen LogP contribution in [0.5, 0.6) is 5.75 Å². The summed E-state index contributed by atoms with van der Waals surface area (Å²) in [5.74, 6) is 0.156. The van der Waals surface area contributed by atoms with Crippen molar-refractivity contribution in [3.63, 3.8) is 0 Å². The average Bonchev–Trinajstić information content (AvgIpc) is 2.07. The Kier molecular flexibility index (Phi) is 3.41. The van der Waals surface area contributed by atoms with Crippen LogP contribution in [-0.2, 0) is 10.0 Å². The Morgan fingerprint density at radius 3 is 2.50 bits per heavy atom. The van der Waals surface area contributed by atoms with Crippen LogP contribution in [0.25, 0.3) is 0 Å². The highest BCUT2D eigenvalue weighted by Gasteiger charge is 2.17. The zero-order valence-corrected chi connectivity index (χ0v) is 10.3. The van der Waals surface area contributed by atoms with E-state index in [2.05, 4.69) is 15.9 Å². The van der Waals surface area contributed by atoms with Gasteiger partial charge in [0, 0.05) is 4.47 Å². The van der Waals surface area contributed by atoms with E-state index in [9.17, 15) is 8.42 Å². The molecule has 0 heterocycles. The van der Waals surface area contributed by atoms with Gasteiger partial charge in [-0.05, 0) is 28.1 Å². The van der Waals surface area contributed by atoms with E-state index in [1.165, 1.54) is 19.2 Å². The van der Waals surface area contributed by atoms with Gasteiger partial charge < -0.3 is 4.74 Å². The van der Waals surface area contributed by atoms with Crippen LogP contribution in [0.3, 0.4) is 0 Å². The van der Waals surface area contributed by atoms with Crippen molar-refractivity contribution in [2.75, 3.05) is 7.11 Å². The summed E-state index contributed by atoms with van der Waals surface area (Å²) in [6.07, 6.45) is 0. The predicted molar refractivity (Wildman–Crippen MR) is 57.1 cm³/mol. The molecule has 14 heavy (non-hydrogen) atoms. The molecule has 0 aliphatic carbocycles. The zero-order chi connectivity index (χ0) is 10.9. The van der Waals surface area contributed by atoms with Crippen LogP contribution in [-0.4, -0.2) is 15.5 Å². The Balaban J connectivity index is 3.51. The molecule has 0 aliphatic rings. The molecule has 1 rings (SSSR count). The van der Waals surface area contributed by atoms with Gasteiger partial charge in [0.05, 0.1) is 12.1 Å². The molecule has 2 N–H and O–H groups in total. The van der Waals surface area contributed by atoms with Crippen LogP contribution >= 0.6 is 27.5 Å². The minimum absolute atomic E-state index is 0.131. The number of rotatable bonds is 2. The molecule has 0 atom stereocenters. The van der Waals surface area contributed by atoms with Gasteiger partial charge in [0.25, 0.3) is 0 Å². The number of nitrogens with two attached hydrogens (primary N) is 1. The maximum atomic E-state index is 11.1. The maximum absolute atomic E-state index is 11.1. The van der Waals surface area contributed by atoms with Crippen LogP contribution in [0.1, 0.15) is 0 Å². The molecule has 7 heteroatoms. The van der Waals surface area contributed by atoms with E-state index in [1.54, 1.807) is 0 Å². The van der Waals surface area contributed by atoms with Gasteiger partial charge in [-0.3, -0.25) is 0 Å². The van der Waals surface area contributed by atoms with Gasteiger partial charge in [-0.25, -0.2) is 13.6 Å². The van der Waals surface area contributed by atoms with Crippen LogP contribution < -0.4 is 9.88 Å².